The summed E-state index contributed by atoms with van der Waals surface area (Å²) in [7, 11) is 1.71. The summed E-state index contributed by atoms with van der Waals surface area (Å²) in [6, 6.07) is 26.3. The predicted octanol–water partition coefficient (Wildman–Crippen LogP) is 8.36. The van der Waals surface area contributed by atoms with Crippen molar-refractivity contribution >= 4 is 5.97 Å². The summed E-state index contributed by atoms with van der Waals surface area (Å²) in [6.45, 7) is 20.8. The molecule has 2 unspecified atom stereocenters. The first-order valence-electron chi connectivity index (χ1n) is 16.7. The van der Waals surface area contributed by atoms with Gasteiger partial charge in [0.2, 0.25) is 0 Å². The molecule has 0 aliphatic heterocycles. The van der Waals surface area contributed by atoms with Crippen LogP contribution in [0, 0.1) is 33.1 Å². The third-order valence-corrected chi connectivity index (χ3v) is 9.77. The molecule has 49 heavy (non-hydrogen) atoms. The number of rotatable bonds is 14. The Morgan fingerprint density at radius 3 is 1.73 bits per heavy atom. The van der Waals surface area contributed by atoms with Gasteiger partial charge in [0.1, 0.15) is 30.8 Å². The van der Waals surface area contributed by atoms with Gasteiger partial charge in [-0.3, -0.25) is 0 Å². The summed E-state index contributed by atoms with van der Waals surface area (Å²) >= 11 is 0. The molecule has 6 heteroatoms. The first-order chi connectivity index (χ1) is 23.4. The van der Waals surface area contributed by atoms with Gasteiger partial charge in [-0.05, 0) is 90.3 Å². The Labute approximate surface area is 291 Å². The number of aliphatic hydroxyl groups excluding tert-OH is 1. The van der Waals surface area contributed by atoms with Gasteiger partial charge in [-0.15, -0.1) is 0 Å². The highest BCUT2D eigenvalue weighted by atomic mass is 16.5. The monoisotopic (exact) mass is 660 g/mol. The molecule has 4 aromatic carbocycles. The number of carbonyl (C=O) groups is 1. The van der Waals surface area contributed by atoms with Crippen molar-refractivity contribution in [1.29, 1.82) is 0 Å². The SMILES string of the molecule is C=CC(=O)OCC(O)COc1c(C)cc(C2(c3cc(C)c(OCC(C)(COC)C(=C)C)c(C)c3)c3ccccc3-c3ccccc32)cc1C. The van der Waals surface area contributed by atoms with Gasteiger partial charge in [-0.1, -0.05) is 98.5 Å². The number of aryl methyl sites for hydroxylation is 4. The number of fused-ring (bicyclic) bond motifs is 3. The van der Waals surface area contributed by atoms with Gasteiger partial charge in [0.25, 0.3) is 0 Å². The zero-order valence-electron chi connectivity index (χ0n) is 29.8. The van der Waals surface area contributed by atoms with Gasteiger partial charge in [0.15, 0.2) is 0 Å². The largest absolute Gasteiger partial charge is 0.492 e. The molecular weight excluding hydrogens is 612 g/mol. The number of ether oxygens (including phenoxy) is 4. The zero-order chi connectivity index (χ0) is 35.5. The van der Waals surface area contributed by atoms with Crippen molar-refractivity contribution in [3.05, 3.63) is 142 Å². The number of carbonyl (C=O) groups excluding carboxylic acids is 1. The van der Waals surface area contributed by atoms with Crippen molar-refractivity contribution in [1.82, 2.24) is 0 Å². The molecule has 0 radical (unpaired) electrons. The van der Waals surface area contributed by atoms with E-state index in [1.54, 1.807) is 7.11 Å². The number of benzene rings is 4. The lowest BCUT2D eigenvalue weighted by Crippen LogP contribution is -2.32. The molecule has 5 rings (SSSR count). The minimum atomic E-state index is -0.975. The third-order valence-electron chi connectivity index (χ3n) is 9.77. The molecule has 0 saturated heterocycles. The quantitative estimate of drug-likeness (QED) is 0.0733. The minimum Gasteiger partial charge on any atom is -0.492 e. The average molecular weight is 661 g/mol. The molecule has 0 fully saturated rings. The summed E-state index contributed by atoms with van der Waals surface area (Å²) in [5, 5.41) is 10.4. The molecule has 0 saturated carbocycles. The van der Waals surface area contributed by atoms with Crippen LogP contribution in [0.1, 0.15) is 58.4 Å². The molecule has 2 atom stereocenters. The van der Waals surface area contributed by atoms with Crippen LogP contribution >= 0.6 is 0 Å². The van der Waals surface area contributed by atoms with Crippen LogP contribution in [0.15, 0.2) is 97.6 Å². The summed E-state index contributed by atoms with van der Waals surface area (Å²) < 4.78 is 23.2. The van der Waals surface area contributed by atoms with E-state index in [2.05, 4.69) is 107 Å². The fourth-order valence-corrected chi connectivity index (χ4v) is 7.12. The van der Waals surface area contributed by atoms with Crippen LogP contribution in [0.25, 0.3) is 11.1 Å². The molecule has 0 aromatic heterocycles. The fourth-order valence-electron chi connectivity index (χ4n) is 7.12. The molecule has 6 nitrogen and oxygen atoms in total. The number of methoxy groups -OCH3 is 1. The number of esters is 1. The van der Waals surface area contributed by atoms with Gasteiger partial charge in [-0.2, -0.15) is 0 Å². The maximum Gasteiger partial charge on any atom is 0.330 e. The number of aliphatic hydroxyl groups is 1. The Kier molecular flexibility index (Phi) is 10.5. The smallest absolute Gasteiger partial charge is 0.330 e. The average Bonchev–Trinajstić information content (AvgIpc) is 3.37. The predicted molar refractivity (Wildman–Crippen MR) is 196 cm³/mol. The second kappa shape index (κ2) is 14.5. The maximum atomic E-state index is 11.5. The van der Waals surface area contributed by atoms with E-state index < -0.39 is 17.5 Å². The van der Waals surface area contributed by atoms with Crippen molar-refractivity contribution in [2.24, 2.45) is 5.41 Å². The van der Waals surface area contributed by atoms with Gasteiger partial charge < -0.3 is 24.1 Å². The van der Waals surface area contributed by atoms with E-state index in [-0.39, 0.29) is 18.6 Å². The van der Waals surface area contributed by atoms with E-state index in [0.29, 0.717) is 19.0 Å². The molecule has 0 spiro atoms. The van der Waals surface area contributed by atoms with Gasteiger partial charge in [0.05, 0.1) is 18.6 Å². The normalized spacial score (nSPS) is 14.6. The van der Waals surface area contributed by atoms with Gasteiger partial charge in [-0.25, -0.2) is 4.79 Å². The summed E-state index contributed by atoms with van der Waals surface area (Å²) in [6.07, 6.45) is 0.0958. The van der Waals surface area contributed by atoms with Crippen molar-refractivity contribution in [2.45, 2.75) is 53.1 Å². The van der Waals surface area contributed by atoms with Crippen LogP contribution in [-0.2, 0) is 19.7 Å². The highest BCUT2D eigenvalue weighted by Crippen LogP contribution is 2.57. The highest BCUT2D eigenvalue weighted by Gasteiger charge is 2.46. The van der Waals surface area contributed by atoms with E-state index in [1.165, 1.54) is 22.3 Å². The molecular formula is C43H48O6. The van der Waals surface area contributed by atoms with Gasteiger partial charge in [0, 0.05) is 18.6 Å². The Morgan fingerprint density at radius 2 is 1.29 bits per heavy atom. The second-order valence-electron chi connectivity index (χ2n) is 13.6. The molecule has 1 N–H and O–H groups in total. The summed E-state index contributed by atoms with van der Waals surface area (Å²) in [5.74, 6) is 0.982. The zero-order valence-corrected chi connectivity index (χ0v) is 29.8. The van der Waals surface area contributed by atoms with Crippen molar-refractivity contribution < 1.29 is 28.8 Å². The Morgan fingerprint density at radius 1 is 0.816 bits per heavy atom. The van der Waals surface area contributed by atoms with E-state index in [1.807, 2.05) is 20.8 Å². The van der Waals surface area contributed by atoms with Crippen molar-refractivity contribution in [3.63, 3.8) is 0 Å². The van der Waals surface area contributed by atoms with Crippen molar-refractivity contribution in [3.8, 4) is 22.6 Å². The van der Waals surface area contributed by atoms with Crippen LogP contribution in [0.3, 0.4) is 0 Å². The van der Waals surface area contributed by atoms with Crippen LogP contribution in [0.5, 0.6) is 11.5 Å². The van der Waals surface area contributed by atoms with E-state index in [9.17, 15) is 9.90 Å². The van der Waals surface area contributed by atoms with Crippen LogP contribution in [0.4, 0.5) is 0 Å². The second-order valence-corrected chi connectivity index (χ2v) is 13.6. The Balaban J connectivity index is 1.63. The summed E-state index contributed by atoms with van der Waals surface area (Å²) in [4.78, 5) is 11.5. The van der Waals surface area contributed by atoms with E-state index in [4.69, 9.17) is 18.9 Å². The lowest BCUT2D eigenvalue weighted by molar-refractivity contribution is -0.141. The molecule has 4 aromatic rings. The summed E-state index contributed by atoms with van der Waals surface area (Å²) in [5.41, 5.74) is 11.2. The Bertz CT molecular complexity index is 1800. The Hall–Kier alpha value is -4.65. The lowest BCUT2D eigenvalue weighted by atomic mass is 9.66. The first kappa shape index (κ1) is 35.7. The first-order valence-corrected chi connectivity index (χ1v) is 16.7. The van der Waals surface area contributed by atoms with E-state index >= 15 is 0 Å². The topological polar surface area (TPSA) is 74.2 Å². The highest BCUT2D eigenvalue weighted by molar-refractivity contribution is 5.86. The molecule has 1 aliphatic rings. The molecule has 1 aliphatic carbocycles. The minimum absolute atomic E-state index is 0.0169. The standard InChI is InChI=1S/C43H48O6/c1-10-39(45)47-23-34(44)24-48-40-28(4)19-32(20-29(40)5)43(37-17-13-11-15-35(37)36-16-12-14-18-38(36)43)33-21-30(6)41(31(7)22-33)49-26-42(8,25-46-9)27(2)3/h10-22,34,44H,1-2,23-26H2,3-9H3. The number of hydrogen-bond donors (Lipinski definition) is 1. The van der Waals surface area contributed by atoms with Gasteiger partial charge >= 0.3 is 5.97 Å². The molecule has 0 heterocycles. The maximum absolute atomic E-state index is 11.5. The third kappa shape index (κ3) is 6.68. The van der Waals surface area contributed by atoms with Crippen molar-refractivity contribution in [2.75, 3.05) is 33.5 Å². The fraction of sp³-hybridized carbons (Fsp3) is 0.326. The molecule has 256 valence electrons. The molecule has 0 amide bonds. The van der Waals surface area contributed by atoms with Crippen LogP contribution in [0.2, 0.25) is 0 Å². The number of hydrogen-bond acceptors (Lipinski definition) is 6. The van der Waals surface area contributed by atoms with Crippen LogP contribution in [-0.4, -0.2) is 50.7 Å². The lowest BCUT2D eigenvalue weighted by Gasteiger charge is -2.36. The van der Waals surface area contributed by atoms with Crippen LogP contribution < -0.4 is 9.47 Å². The molecule has 0 bridgehead atoms. The van der Waals surface area contributed by atoms with E-state index in [0.717, 1.165) is 50.8 Å².